The molecule has 170 valence electrons. The number of likely N-dealkylation sites (tertiary alicyclic amines) is 1. The summed E-state index contributed by atoms with van der Waals surface area (Å²) in [5.74, 6) is 1.77. The van der Waals surface area contributed by atoms with E-state index >= 15 is 0 Å². The van der Waals surface area contributed by atoms with E-state index in [-0.39, 0.29) is 25.0 Å². The highest BCUT2D eigenvalue weighted by molar-refractivity contribution is 5.79. The van der Waals surface area contributed by atoms with Crippen molar-refractivity contribution >= 4 is 5.96 Å². The van der Waals surface area contributed by atoms with Crippen LogP contribution in [0.1, 0.15) is 38.0 Å². The zero-order valence-corrected chi connectivity index (χ0v) is 18.1. The number of ether oxygens (including phenoxy) is 1. The van der Waals surface area contributed by atoms with Crippen LogP contribution in [-0.4, -0.2) is 61.4 Å². The van der Waals surface area contributed by atoms with Crippen LogP contribution in [-0.2, 0) is 0 Å². The maximum absolute atomic E-state index is 13.0. The molecule has 2 atom stereocenters. The molecule has 8 heteroatoms. The van der Waals surface area contributed by atoms with Gasteiger partial charge in [0, 0.05) is 13.1 Å². The monoisotopic (exact) mass is 432 g/mol. The van der Waals surface area contributed by atoms with E-state index in [4.69, 9.17) is 9.15 Å². The maximum atomic E-state index is 13.0. The number of furan rings is 1. The van der Waals surface area contributed by atoms with Crippen LogP contribution >= 0.6 is 0 Å². The minimum atomic E-state index is -0.775. The third-order valence-electron chi connectivity index (χ3n) is 5.23. The number of guanidine groups is 1. The van der Waals surface area contributed by atoms with Gasteiger partial charge < -0.3 is 24.9 Å². The number of benzene rings is 1. The normalized spacial score (nSPS) is 17.2. The second kappa shape index (κ2) is 12.3. The van der Waals surface area contributed by atoms with Gasteiger partial charge in [0.05, 0.1) is 18.8 Å². The highest BCUT2D eigenvalue weighted by Gasteiger charge is 2.24. The Morgan fingerprint density at radius 2 is 1.97 bits per heavy atom. The van der Waals surface area contributed by atoms with E-state index in [1.165, 1.54) is 43.5 Å². The summed E-state index contributed by atoms with van der Waals surface area (Å²) >= 11 is 0. The summed E-state index contributed by atoms with van der Waals surface area (Å²) in [7, 11) is 0. The number of hydrogen-bond acceptors (Lipinski definition) is 5. The summed E-state index contributed by atoms with van der Waals surface area (Å²) in [6, 6.07) is 9.78. The first-order valence-corrected chi connectivity index (χ1v) is 11.0. The molecular formula is C23H33FN4O3. The maximum Gasteiger partial charge on any atom is 0.191 e. The quantitative estimate of drug-likeness (QED) is 0.396. The lowest BCUT2D eigenvalue weighted by atomic mass is 10.1. The fourth-order valence-corrected chi connectivity index (χ4v) is 3.63. The van der Waals surface area contributed by atoms with E-state index < -0.39 is 6.10 Å². The van der Waals surface area contributed by atoms with Crippen molar-refractivity contribution in [1.29, 1.82) is 0 Å². The zero-order valence-electron chi connectivity index (χ0n) is 18.1. The largest absolute Gasteiger partial charge is 0.491 e. The summed E-state index contributed by atoms with van der Waals surface area (Å²) < 4.78 is 24.2. The van der Waals surface area contributed by atoms with Crippen molar-refractivity contribution in [3.63, 3.8) is 0 Å². The molecule has 0 spiro atoms. The fraction of sp³-hybridized carbons (Fsp3) is 0.522. The molecule has 3 N–H and O–H groups in total. The third kappa shape index (κ3) is 7.56. The van der Waals surface area contributed by atoms with E-state index in [2.05, 4.69) is 20.5 Å². The number of aliphatic hydroxyl groups excluding tert-OH is 1. The molecule has 1 aliphatic heterocycles. The van der Waals surface area contributed by atoms with Crippen molar-refractivity contribution in [2.45, 2.75) is 38.3 Å². The Balaban J connectivity index is 1.53. The first-order valence-electron chi connectivity index (χ1n) is 11.0. The molecule has 3 rings (SSSR count). The molecule has 1 aromatic heterocycles. The van der Waals surface area contributed by atoms with Crippen molar-refractivity contribution in [1.82, 2.24) is 15.5 Å². The van der Waals surface area contributed by atoms with Crippen LogP contribution in [0.25, 0.3) is 0 Å². The minimum Gasteiger partial charge on any atom is -0.491 e. The molecule has 0 saturated carbocycles. The molecule has 2 aromatic rings. The molecule has 0 radical (unpaired) electrons. The van der Waals surface area contributed by atoms with Crippen LogP contribution in [0.5, 0.6) is 5.75 Å². The van der Waals surface area contributed by atoms with Gasteiger partial charge in [0.15, 0.2) is 5.96 Å². The number of halogens is 1. The topological polar surface area (TPSA) is 82.3 Å². The van der Waals surface area contributed by atoms with Crippen molar-refractivity contribution in [3.05, 3.63) is 54.2 Å². The van der Waals surface area contributed by atoms with Gasteiger partial charge in [-0.1, -0.05) is 6.42 Å². The highest BCUT2D eigenvalue weighted by Crippen LogP contribution is 2.24. The summed E-state index contributed by atoms with van der Waals surface area (Å²) in [5.41, 5.74) is 0. The second-order valence-electron chi connectivity index (χ2n) is 7.65. The number of nitrogens with one attached hydrogen (secondary N) is 2. The average molecular weight is 433 g/mol. The van der Waals surface area contributed by atoms with E-state index in [0.717, 1.165) is 18.8 Å². The zero-order chi connectivity index (χ0) is 21.9. The number of aliphatic imine (C=N–C) groups is 1. The Kier molecular flexibility index (Phi) is 9.17. The lowest BCUT2D eigenvalue weighted by molar-refractivity contribution is 0.114. The summed E-state index contributed by atoms with van der Waals surface area (Å²) in [6.45, 7) is 5.74. The highest BCUT2D eigenvalue weighted by atomic mass is 19.1. The Labute approximate surface area is 183 Å². The molecule has 1 saturated heterocycles. The SMILES string of the molecule is CCNC(=NCC(O)COc1ccc(F)cc1)NCC(c1ccco1)N1CCCCC1. The van der Waals surface area contributed by atoms with Crippen LogP contribution in [0.15, 0.2) is 52.1 Å². The first kappa shape index (κ1) is 23.1. The number of nitrogens with zero attached hydrogens (tertiary/aromatic N) is 2. The van der Waals surface area contributed by atoms with Gasteiger partial charge in [-0.3, -0.25) is 9.89 Å². The van der Waals surface area contributed by atoms with Gasteiger partial charge >= 0.3 is 0 Å². The Hall–Kier alpha value is -2.58. The van der Waals surface area contributed by atoms with Crippen LogP contribution in [0, 0.1) is 5.82 Å². The lowest BCUT2D eigenvalue weighted by Crippen LogP contribution is -2.44. The Bertz CT molecular complexity index is 777. The molecule has 2 unspecified atom stereocenters. The molecular weight excluding hydrogens is 399 g/mol. The van der Waals surface area contributed by atoms with Crippen molar-refractivity contribution in [2.75, 3.05) is 39.3 Å². The predicted molar refractivity (Wildman–Crippen MR) is 119 cm³/mol. The smallest absolute Gasteiger partial charge is 0.191 e. The standard InChI is InChI=1S/C23H33FN4O3/c1-2-25-23(26-15-19(29)17-31-20-10-8-18(24)9-11-20)27-16-21(22-7-6-14-30-22)28-12-4-3-5-13-28/h6-11,14,19,21,29H,2-5,12-13,15-17H2,1H3,(H2,25,26,27). The van der Waals surface area contributed by atoms with Crippen molar-refractivity contribution < 1.29 is 18.7 Å². The number of hydrogen-bond donors (Lipinski definition) is 3. The molecule has 1 fully saturated rings. The molecule has 2 heterocycles. The summed E-state index contributed by atoms with van der Waals surface area (Å²) in [6.07, 6.45) is 4.61. The molecule has 31 heavy (non-hydrogen) atoms. The average Bonchev–Trinajstić information content (AvgIpc) is 3.32. The van der Waals surface area contributed by atoms with Gasteiger partial charge in [-0.2, -0.15) is 0 Å². The van der Waals surface area contributed by atoms with E-state index in [0.29, 0.717) is 24.8 Å². The number of aliphatic hydroxyl groups is 1. The molecule has 0 amide bonds. The van der Waals surface area contributed by atoms with Crippen LogP contribution in [0.2, 0.25) is 0 Å². The molecule has 0 bridgehead atoms. The van der Waals surface area contributed by atoms with E-state index in [9.17, 15) is 9.50 Å². The van der Waals surface area contributed by atoms with Gasteiger partial charge in [-0.15, -0.1) is 0 Å². The summed E-state index contributed by atoms with van der Waals surface area (Å²) in [4.78, 5) is 6.94. The molecule has 0 aliphatic carbocycles. The van der Waals surface area contributed by atoms with E-state index in [1.807, 2.05) is 19.1 Å². The Morgan fingerprint density at radius 1 is 1.19 bits per heavy atom. The predicted octanol–water partition coefficient (Wildman–Crippen LogP) is 2.94. The molecule has 7 nitrogen and oxygen atoms in total. The molecule has 1 aliphatic rings. The van der Waals surface area contributed by atoms with Gasteiger partial charge in [0.1, 0.15) is 30.0 Å². The van der Waals surface area contributed by atoms with Crippen molar-refractivity contribution in [3.8, 4) is 5.75 Å². The Morgan fingerprint density at radius 3 is 2.65 bits per heavy atom. The first-order chi connectivity index (χ1) is 15.2. The molecule has 1 aromatic carbocycles. The van der Waals surface area contributed by atoms with Crippen molar-refractivity contribution in [2.24, 2.45) is 4.99 Å². The number of rotatable bonds is 10. The van der Waals surface area contributed by atoms with Gasteiger partial charge in [0.25, 0.3) is 0 Å². The van der Waals surface area contributed by atoms with Crippen LogP contribution in [0.4, 0.5) is 4.39 Å². The summed E-state index contributed by atoms with van der Waals surface area (Å²) in [5, 5.41) is 16.8. The second-order valence-corrected chi connectivity index (χ2v) is 7.65. The van der Waals surface area contributed by atoms with Gasteiger partial charge in [0.2, 0.25) is 0 Å². The lowest BCUT2D eigenvalue weighted by Gasteiger charge is -2.33. The third-order valence-corrected chi connectivity index (χ3v) is 5.23. The number of piperidine rings is 1. The van der Waals surface area contributed by atoms with E-state index in [1.54, 1.807) is 6.26 Å². The van der Waals surface area contributed by atoms with Crippen LogP contribution in [0.3, 0.4) is 0 Å². The fourth-order valence-electron chi connectivity index (χ4n) is 3.63. The minimum absolute atomic E-state index is 0.0807. The van der Waals surface area contributed by atoms with Gasteiger partial charge in [-0.25, -0.2) is 4.39 Å². The van der Waals surface area contributed by atoms with Gasteiger partial charge in [-0.05, 0) is 69.3 Å². The van der Waals surface area contributed by atoms with Crippen LogP contribution < -0.4 is 15.4 Å².